The minimum Gasteiger partial charge on any atom is -0.477 e. The number of anilines is 1. The van der Waals surface area contributed by atoms with E-state index in [9.17, 15) is 26.3 Å². The second-order valence-corrected chi connectivity index (χ2v) is 8.15. The van der Waals surface area contributed by atoms with Crippen LogP contribution in [0.15, 0.2) is 42.9 Å². The summed E-state index contributed by atoms with van der Waals surface area (Å²) in [6.07, 6.45) is -1.46. The Morgan fingerprint density at radius 1 is 1.00 bits per heavy atom. The van der Waals surface area contributed by atoms with Crippen molar-refractivity contribution in [2.75, 3.05) is 31.2 Å². The topological polar surface area (TPSA) is 135 Å². The Morgan fingerprint density at radius 2 is 1.58 bits per heavy atom. The molecular weight excluding hydrogens is 530 g/mol. The van der Waals surface area contributed by atoms with Crippen LogP contribution in [0.3, 0.4) is 0 Å². The predicted octanol–water partition coefficient (Wildman–Crippen LogP) is 3.59. The van der Waals surface area contributed by atoms with Crippen molar-refractivity contribution in [1.82, 2.24) is 15.0 Å². The molecule has 0 aliphatic carbocycles. The van der Waals surface area contributed by atoms with E-state index in [4.69, 9.17) is 29.3 Å². The lowest BCUT2D eigenvalue weighted by Gasteiger charge is -2.50. The number of carboxylic acids is 2. The van der Waals surface area contributed by atoms with Crippen molar-refractivity contribution in [3.05, 3.63) is 42.9 Å². The zero-order valence-electron chi connectivity index (χ0n) is 19.7. The number of rotatable bonds is 4. The second kappa shape index (κ2) is 13.2. The lowest BCUT2D eigenvalue weighted by Crippen LogP contribution is -2.57. The van der Waals surface area contributed by atoms with E-state index in [1.807, 2.05) is 24.3 Å². The van der Waals surface area contributed by atoms with Gasteiger partial charge in [-0.05, 0) is 31.4 Å². The molecular formula is C22H24F6N4O6. The van der Waals surface area contributed by atoms with Gasteiger partial charge < -0.3 is 24.6 Å². The van der Waals surface area contributed by atoms with Crippen LogP contribution < -0.4 is 9.64 Å². The van der Waals surface area contributed by atoms with Gasteiger partial charge in [0, 0.05) is 49.8 Å². The van der Waals surface area contributed by atoms with Gasteiger partial charge >= 0.3 is 24.3 Å². The largest absolute Gasteiger partial charge is 0.490 e. The summed E-state index contributed by atoms with van der Waals surface area (Å²) < 4.78 is 75.6. The highest BCUT2D eigenvalue weighted by Gasteiger charge is 2.47. The first-order chi connectivity index (χ1) is 17.7. The molecule has 4 heterocycles. The molecule has 2 aromatic heterocycles. The SMILES string of the molecule is O=C(O)C(F)(F)F.O=C(O)C(F)(F)F.c1ccc(OCC23CCCOC2CCN(c2ncccn2)C3)nc1. The number of piperidine rings is 1. The molecule has 4 rings (SSSR count). The first kappa shape index (κ1) is 30.5. The van der Waals surface area contributed by atoms with Crippen LogP contribution in [0.5, 0.6) is 5.88 Å². The zero-order chi connectivity index (χ0) is 28.4. The summed E-state index contributed by atoms with van der Waals surface area (Å²) in [4.78, 5) is 33.1. The number of carboxylic acid groups (broad SMARTS) is 2. The summed E-state index contributed by atoms with van der Waals surface area (Å²) in [6.45, 7) is 3.23. The molecule has 2 fully saturated rings. The van der Waals surface area contributed by atoms with E-state index in [1.165, 1.54) is 0 Å². The van der Waals surface area contributed by atoms with E-state index in [2.05, 4.69) is 19.9 Å². The Kier molecular flexibility index (Phi) is 10.6. The van der Waals surface area contributed by atoms with Gasteiger partial charge in [0.25, 0.3) is 0 Å². The molecule has 0 aromatic carbocycles. The predicted molar refractivity (Wildman–Crippen MR) is 117 cm³/mol. The molecule has 2 saturated heterocycles. The third-order valence-corrected chi connectivity index (χ3v) is 5.45. The monoisotopic (exact) mass is 554 g/mol. The smallest absolute Gasteiger partial charge is 0.477 e. The van der Waals surface area contributed by atoms with Crippen molar-refractivity contribution >= 4 is 17.9 Å². The first-order valence-electron chi connectivity index (χ1n) is 11.0. The van der Waals surface area contributed by atoms with Crippen molar-refractivity contribution in [3.8, 4) is 5.88 Å². The molecule has 38 heavy (non-hydrogen) atoms. The van der Waals surface area contributed by atoms with E-state index in [0.717, 1.165) is 44.9 Å². The first-order valence-corrected chi connectivity index (χ1v) is 11.0. The quantitative estimate of drug-likeness (QED) is 0.540. The fourth-order valence-electron chi connectivity index (χ4n) is 3.78. The van der Waals surface area contributed by atoms with Crippen LogP contribution in [0.25, 0.3) is 0 Å². The number of aliphatic carboxylic acids is 2. The van der Waals surface area contributed by atoms with Gasteiger partial charge in [-0.3, -0.25) is 0 Å². The highest BCUT2D eigenvalue weighted by molar-refractivity contribution is 5.73. The molecule has 0 radical (unpaired) electrons. The number of alkyl halides is 6. The van der Waals surface area contributed by atoms with Crippen LogP contribution in [-0.2, 0) is 14.3 Å². The average molecular weight is 554 g/mol. The molecule has 2 aliphatic rings. The highest BCUT2D eigenvalue weighted by atomic mass is 19.4. The van der Waals surface area contributed by atoms with E-state index < -0.39 is 24.3 Å². The van der Waals surface area contributed by atoms with Crippen LogP contribution in [0, 0.1) is 5.41 Å². The van der Waals surface area contributed by atoms with Gasteiger partial charge in [-0.25, -0.2) is 24.5 Å². The van der Waals surface area contributed by atoms with Gasteiger partial charge in [-0.15, -0.1) is 0 Å². The van der Waals surface area contributed by atoms with Crippen molar-refractivity contribution in [2.24, 2.45) is 5.41 Å². The number of nitrogens with zero attached hydrogens (tertiary/aromatic N) is 4. The maximum Gasteiger partial charge on any atom is 0.490 e. The molecule has 2 aliphatic heterocycles. The van der Waals surface area contributed by atoms with Crippen molar-refractivity contribution in [2.45, 2.75) is 37.7 Å². The third kappa shape index (κ3) is 9.32. The summed E-state index contributed by atoms with van der Waals surface area (Å²) in [6, 6.07) is 7.59. The average Bonchev–Trinajstić information content (AvgIpc) is 2.88. The Bertz CT molecular complexity index is 1000. The Labute approximate surface area is 212 Å². The number of aromatic nitrogens is 3. The van der Waals surface area contributed by atoms with Crippen LogP contribution in [0.1, 0.15) is 19.3 Å². The Hall–Kier alpha value is -3.69. The maximum absolute atomic E-state index is 10.6. The number of pyridine rings is 1. The van der Waals surface area contributed by atoms with Gasteiger partial charge in [0.05, 0.1) is 12.7 Å². The molecule has 0 amide bonds. The minimum atomic E-state index is -5.08. The molecule has 10 nitrogen and oxygen atoms in total. The second-order valence-electron chi connectivity index (χ2n) is 8.15. The van der Waals surface area contributed by atoms with E-state index in [0.29, 0.717) is 12.5 Å². The lowest BCUT2D eigenvalue weighted by atomic mass is 9.73. The van der Waals surface area contributed by atoms with Crippen molar-refractivity contribution < 1.29 is 55.6 Å². The number of hydrogen-bond donors (Lipinski definition) is 2. The van der Waals surface area contributed by atoms with E-state index >= 15 is 0 Å². The van der Waals surface area contributed by atoms with Gasteiger partial charge in [0.2, 0.25) is 11.8 Å². The van der Waals surface area contributed by atoms with Gasteiger partial charge in [0.15, 0.2) is 0 Å². The molecule has 0 saturated carbocycles. The molecule has 2 atom stereocenters. The molecule has 2 aromatic rings. The zero-order valence-corrected chi connectivity index (χ0v) is 19.7. The summed E-state index contributed by atoms with van der Waals surface area (Å²) in [5, 5.41) is 14.2. The molecule has 0 spiro atoms. The van der Waals surface area contributed by atoms with Crippen molar-refractivity contribution in [3.63, 3.8) is 0 Å². The van der Waals surface area contributed by atoms with Gasteiger partial charge in [0.1, 0.15) is 0 Å². The number of fused-ring (bicyclic) bond motifs is 1. The van der Waals surface area contributed by atoms with Crippen LogP contribution in [0.2, 0.25) is 0 Å². The molecule has 210 valence electrons. The molecule has 2 unspecified atom stereocenters. The fraction of sp³-hybridized carbons (Fsp3) is 0.500. The molecule has 16 heteroatoms. The maximum atomic E-state index is 10.6. The number of ether oxygens (including phenoxy) is 2. The summed E-state index contributed by atoms with van der Waals surface area (Å²) in [5.41, 5.74) is -0.0345. The number of carbonyl (C=O) groups is 2. The standard InChI is InChI=1S/C18H22N4O2.2C2HF3O2/c1-2-8-19-16(5-1)24-14-18-7-3-12-23-15(18)6-11-22(13-18)17-20-9-4-10-21-17;2*3-2(4,5)1(6)7/h1-2,4-5,8-10,15H,3,6-7,11-14H2;2*(H,6,7). The third-order valence-electron chi connectivity index (χ3n) is 5.45. The van der Waals surface area contributed by atoms with E-state index in [-0.39, 0.29) is 11.5 Å². The highest BCUT2D eigenvalue weighted by Crippen LogP contribution is 2.41. The number of halogens is 6. The van der Waals surface area contributed by atoms with Crippen LogP contribution in [0.4, 0.5) is 32.3 Å². The van der Waals surface area contributed by atoms with Gasteiger partial charge in [-0.2, -0.15) is 26.3 Å². The van der Waals surface area contributed by atoms with Gasteiger partial charge in [-0.1, -0.05) is 6.07 Å². The normalized spacial score (nSPS) is 21.0. The minimum absolute atomic E-state index is 0.0345. The van der Waals surface area contributed by atoms with E-state index in [1.54, 1.807) is 18.6 Å². The lowest BCUT2D eigenvalue weighted by molar-refractivity contribution is -0.193. The summed E-state index contributed by atoms with van der Waals surface area (Å²) in [5.74, 6) is -4.05. The summed E-state index contributed by atoms with van der Waals surface area (Å²) >= 11 is 0. The van der Waals surface area contributed by atoms with Crippen LogP contribution in [-0.4, -0.2) is 81.9 Å². The Balaban J connectivity index is 0.000000301. The summed E-state index contributed by atoms with van der Waals surface area (Å²) in [7, 11) is 0. The fourth-order valence-corrected chi connectivity index (χ4v) is 3.78. The Morgan fingerprint density at radius 3 is 2.11 bits per heavy atom. The molecule has 0 bridgehead atoms. The van der Waals surface area contributed by atoms with Crippen LogP contribution >= 0.6 is 0 Å². The van der Waals surface area contributed by atoms with Crippen molar-refractivity contribution in [1.29, 1.82) is 0 Å². The number of hydrogen-bond acceptors (Lipinski definition) is 8. The molecule has 2 N–H and O–H groups in total.